The minimum atomic E-state index is -3.54. The number of benzene rings is 1. The molecule has 0 bridgehead atoms. The SMILES string of the molecule is CN(C1CCCCC1)S(=O)(=O)c1ccc(NC(=S)NC(=O)C=Cc2cccs2)cc1. The van der Waals surface area contributed by atoms with Crippen molar-refractivity contribution in [1.82, 2.24) is 9.62 Å². The van der Waals surface area contributed by atoms with E-state index in [0.29, 0.717) is 5.69 Å². The van der Waals surface area contributed by atoms with E-state index in [0.717, 1.165) is 30.6 Å². The summed E-state index contributed by atoms with van der Waals surface area (Å²) in [5.74, 6) is -0.339. The molecule has 9 heteroatoms. The van der Waals surface area contributed by atoms with Crippen LogP contribution < -0.4 is 10.6 Å². The molecule has 2 N–H and O–H groups in total. The van der Waals surface area contributed by atoms with Gasteiger partial charge in [0, 0.05) is 29.7 Å². The number of hydrogen-bond acceptors (Lipinski definition) is 5. The van der Waals surface area contributed by atoms with Crippen LogP contribution >= 0.6 is 23.6 Å². The van der Waals surface area contributed by atoms with Crippen LogP contribution in [0.5, 0.6) is 0 Å². The van der Waals surface area contributed by atoms with Crippen LogP contribution in [-0.4, -0.2) is 36.8 Å². The Bertz CT molecular complexity index is 994. The number of nitrogens with zero attached hydrogens (tertiary/aromatic N) is 1. The molecule has 0 saturated heterocycles. The molecule has 0 aliphatic heterocycles. The molecule has 6 nitrogen and oxygen atoms in total. The molecule has 1 amide bonds. The Kier molecular flexibility index (Phi) is 7.76. The predicted octanol–water partition coefficient (Wildman–Crippen LogP) is 4.23. The van der Waals surface area contributed by atoms with Gasteiger partial charge < -0.3 is 5.32 Å². The molecule has 0 unspecified atom stereocenters. The Labute approximate surface area is 187 Å². The average molecular weight is 464 g/mol. The smallest absolute Gasteiger partial charge is 0.250 e. The monoisotopic (exact) mass is 463 g/mol. The second kappa shape index (κ2) is 10.3. The van der Waals surface area contributed by atoms with Crippen LogP contribution in [0.4, 0.5) is 5.69 Å². The summed E-state index contributed by atoms with van der Waals surface area (Å²) in [5.41, 5.74) is 0.599. The molecule has 0 spiro atoms. The van der Waals surface area contributed by atoms with E-state index in [1.54, 1.807) is 37.4 Å². The summed E-state index contributed by atoms with van der Waals surface area (Å²) in [7, 11) is -1.88. The Hall–Kier alpha value is -2.07. The average Bonchev–Trinajstić information content (AvgIpc) is 3.26. The molecule has 30 heavy (non-hydrogen) atoms. The van der Waals surface area contributed by atoms with Gasteiger partial charge in [-0.2, -0.15) is 4.31 Å². The van der Waals surface area contributed by atoms with Crippen molar-refractivity contribution in [2.45, 2.75) is 43.0 Å². The fraction of sp³-hybridized carbons (Fsp3) is 0.333. The zero-order valence-corrected chi connectivity index (χ0v) is 19.2. The maximum Gasteiger partial charge on any atom is 0.250 e. The van der Waals surface area contributed by atoms with Crippen LogP contribution in [0.25, 0.3) is 6.08 Å². The first-order valence-corrected chi connectivity index (χ1v) is 12.5. The van der Waals surface area contributed by atoms with E-state index in [9.17, 15) is 13.2 Å². The predicted molar refractivity (Wildman–Crippen MR) is 126 cm³/mol. The molecular weight excluding hydrogens is 438 g/mol. The first-order valence-electron chi connectivity index (χ1n) is 9.78. The van der Waals surface area contributed by atoms with E-state index < -0.39 is 10.0 Å². The highest BCUT2D eigenvalue weighted by molar-refractivity contribution is 7.89. The van der Waals surface area contributed by atoms with E-state index in [1.165, 1.54) is 28.1 Å². The molecule has 1 aromatic carbocycles. The Morgan fingerprint density at radius 2 is 1.87 bits per heavy atom. The van der Waals surface area contributed by atoms with Gasteiger partial charge in [-0.15, -0.1) is 11.3 Å². The van der Waals surface area contributed by atoms with Crippen molar-refractivity contribution in [3.8, 4) is 0 Å². The highest BCUT2D eigenvalue weighted by Crippen LogP contribution is 2.27. The number of anilines is 1. The molecule has 1 aliphatic rings. The normalized spacial score (nSPS) is 15.4. The van der Waals surface area contributed by atoms with Gasteiger partial charge in [0.2, 0.25) is 15.9 Å². The lowest BCUT2D eigenvalue weighted by Crippen LogP contribution is -2.38. The van der Waals surface area contributed by atoms with Crippen molar-refractivity contribution in [3.63, 3.8) is 0 Å². The molecule has 1 aliphatic carbocycles. The summed E-state index contributed by atoms with van der Waals surface area (Å²) in [6, 6.07) is 10.3. The lowest BCUT2D eigenvalue weighted by Gasteiger charge is -2.30. The van der Waals surface area contributed by atoms with Crippen LogP contribution in [0, 0.1) is 0 Å². The quantitative estimate of drug-likeness (QED) is 0.495. The number of carbonyl (C=O) groups is 1. The summed E-state index contributed by atoms with van der Waals surface area (Å²) in [5, 5.41) is 7.54. The lowest BCUT2D eigenvalue weighted by atomic mass is 9.96. The van der Waals surface area contributed by atoms with Crippen LogP contribution in [0.15, 0.2) is 52.7 Å². The highest BCUT2D eigenvalue weighted by Gasteiger charge is 2.28. The summed E-state index contributed by atoms with van der Waals surface area (Å²) in [6.45, 7) is 0. The molecule has 0 atom stereocenters. The fourth-order valence-electron chi connectivity index (χ4n) is 3.38. The zero-order valence-electron chi connectivity index (χ0n) is 16.7. The first kappa shape index (κ1) is 22.6. The van der Waals surface area contributed by atoms with Gasteiger partial charge in [0.05, 0.1) is 4.90 Å². The molecule has 3 rings (SSSR count). The summed E-state index contributed by atoms with van der Waals surface area (Å²) < 4.78 is 27.3. The van der Waals surface area contributed by atoms with E-state index in [1.807, 2.05) is 17.5 Å². The molecule has 2 aromatic rings. The van der Waals surface area contributed by atoms with Gasteiger partial charge >= 0.3 is 0 Å². The maximum absolute atomic E-state index is 12.9. The van der Waals surface area contributed by atoms with Gasteiger partial charge in [0.1, 0.15) is 0 Å². The summed E-state index contributed by atoms with van der Waals surface area (Å²) in [4.78, 5) is 13.2. The summed E-state index contributed by atoms with van der Waals surface area (Å²) >= 11 is 6.69. The van der Waals surface area contributed by atoms with Crippen LogP contribution in [-0.2, 0) is 14.8 Å². The molecule has 1 saturated carbocycles. The molecule has 160 valence electrons. The van der Waals surface area contributed by atoms with Crippen molar-refractivity contribution in [1.29, 1.82) is 0 Å². The van der Waals surface area contributed by atoms with E-state index in [-0.39, 0.29) is 22.0 Å². The maximum atomic E-state index is 12.9. The molecular formula is C21H25N3O3S3. The van der Waals surface area contributed by atoms with Crippen LogP contribution in [0.1, 0.15) is 37.0 Å². The van der Waals surface area contributed by atoms with E-state index in [4.69, 9.17) is 12.2 Å². The third-order valence-electron chi connectivity index (χ3n) is 5.06. The van der Waals surface area contributed by atoms with E-state index >= 15 is 0 Å². The second-order valence-corrected chi connectivity index (χ2v) is 10.5. The Morgan fingerprint density at radius 1 is 1.17 bits per heavy atom. The number of amides is 1. The Morgan fingerprint density at radius 3 is 2.50 bits per heavy atom. The second-order valence-electron chi connectivity index (χ2n) is 7.13. The lowest BCUT2D eigenvalue weighted by molar-refractivity contribution is -0.115. The van der Waals surface area contributed by atoms with Crippen LogP contribution in [0.3, 0.4) is 0 Å². The number of rotatable bonds is 6. The zero-order chi connectivity index (χ0) is 21.6. The van der Waals surface area contributed by atoms with Crippen molar-refractivity contribution in [2.75, 3.05) is 12.4 Å². The van der Waals surface area contributed by atoms with Gasteiger partial charge in [-0.25, -0.2) is 8.42 Å². The largest absolute Gasteiger partial charge is 0.332 e. The minimum Gasteiger partial charge on any atom is -0.332 e. The fourth-order valence-corrected chi connectivity index (χ4v) is 5.63. The Balaban J connectivity index is 1.57. The topological polar surface area (TPSA) is 78.5 Å². The highest BCUT2D eigenvalue weighted by atomic mass is 32.2. The number of thiocarbonyl (C=S) groups is 1. The number of sulfonamides is 1. The molecule has 1 fully saturated rings. The van der Waals surface area contributed by atoms with Crippen LogP contribution in [0.2, 0.25) is 0 Å². The van der Waals surface area contributed by atoms with Crippen molar-refractivity contribution >= 4 is 56.4 Å². The van der Waals surface area contributed by atoms with Crippen molar-refractivity contribution < 1.29 is 13.2 Å². The molecule has 1 heterocycles. The standard InChI is InChI=1S/C21H25N3O3S3/c1-24(17-6-3-2-4-7-17)30(26,27)19-12-9-16(10-13-19)22-21(28)23-20(25)14-11-18-8-5-15-29-18/h5,8-15,17H,2-4,6-7H2,1H3,(H2,22,23,25,28). The molecule has 0 radical (unpaired) electrons. The third kappa shape index (κ3) is 5.98. The van der Waals surface area contributed by atoms with E-state index in [2.05, 4.69) is 10.6 Å². The minimum absolute atomic E-state index is 0.0616. The summed E-state index contributed by atoms with van der Waals surface area (Å²) in [6.07, 6.45) is 8.25. The van der Waals surface area contributed by atoms with Gasteiger partial charge in [-0.05, 0) is 66.8 Å². The van der Waals surface area contributed by atoms with Gasteiger partial charge in [-0.1, -0.05) is 25.3 Å². The number of carbonyl (C=O) groups excluding carboxylic acids is 1. The number of hydrogen-bond donors (Lipinski definition) is 2. The van der Waals surface area contributed by atoms with Gasteiger partial charge in [0.25, 0.3) is 0 Å². The van der Waals surface area contributed by atoms with Gasteiger partial charge in [-0.3, -0.25) is 10.1 Å². The van der Waals surface area contributed by atoms with Crippen molar-refractivity contribution in [2.24, 2.45) is 0 Å². The third-order valence-corrected chi connectivity index (χ3v) is 8.02. The number of thiophene rings is 1. The first-order chi connectivity index (χ1) is 14.4. The van der Waals surface area contributed by atoms with Crippen molar-refractivity contribution in [3.05, 3.63) is 52.7 Å². The number of nitrogens with one attached hydrogen (secondary N) is 2. The van der Waals surface area contributed by atoms with Gasteiger partial charge in [0.15, 0.2) is 5.11 Å². The molecule has 1 aromatic heterocycles.